The molecule has 0 aliphatic heterocycles. The minimum atomic E-state index is -0.753. The van der Waals surface area contributed by atoms with Gasteiger partial charge >= 0.3 is 11.8 Å². The molecule has 8 nitrogen and oxygen atoms in total. The third kappa shape index (κ3) is 3.27. The SMILES string of the molecule is Cc1c(C#N)c([N+](=O)[O-])nn1CC(=O)OCc1ccccc1. The zero-order valence-electron chi connectivity index (χ0n) is 11.7. The molecule has 2 rings (SSSR count). The van der Waals surface area contributed by atoms with Gasteiger partial charge in [0.05, 0.1) is 10.8 Å². The van der Waals surface area contributed by atoms with Crippen LogP contribution in [-0.4, -0.2) is 20.7 Å². The summed E-state index contributed by atoms with van der Waals surface area (Å²) in [6.07, 6.45) is 0. The molecule has 0 bridgehead atoms. The Morgan fingerprint density at radius 3 is 2.68 bits per heavy atom. The van der Waals surface area contributed by atoms with Gasteiger partial charge in [-0.3, -0.25) is 0 Å². The van der Waals surface area contributed by atoms with E-state index in [9.17, 15) is 14.9 Å². The zero-order valence-corrected chi connectivity index (χ0v) is 11.7. The van der Waals surface area contributed by atoms with Crippen molar-refractivity contribution in [3.8, 4) is 6.07 Å². The van der Waals surface area contributed by atoms with Gasteiger partial charge in [-0.15, -0.1) is 0 Å². The summed E-state index contributed by atoms with van der Waals surface area (Å²) in [4.78, 5) is 21.8. The highest BCUT2D eigenvalue weighted by molar-refractivity contribution is 5.69. The Hall–Kier alpha value is -3.21. The molecular formula is C14H12N4O4. The molecule has 0 aliphatic carbocycles. The quantitative estimate of drug-likeness (QED) is 0.472. The smallest absolute Gasteiger partial charge is 0.408 e. The van der Waals surface area contributed by atoms with Crippen LogP contribution in [0.1, 0.15) is 16.8 Å². The number of benzene rings is 1. The van der Waals surface area contributed by atoms with E-state index in [1.807, 2.05) is 30.3 Å². The first-order valence-corrected chi connectivity index (χ1v) is 6.34. The van der Waals surface area contributed by atoms with E-state index in [1.54, 1.807) is 6.07 Å². The van der Waals surface area contributed by atoms with E-state index in [1.165, 1.54) is 6.92 Å². The fourth-order valence-corrected chi connectivity index (χ4v) is 1.85. The third-order valence-electron chi connectivity index (χ3n) is 2.99. The van der Waals surface area contributed by atoms with Crippen molar-refractivity contribution in [3.05, 3.63) is 57.3 Å². The number of carbonyl (C=O) groups excluding carboxylic acids is 1. The lowest BCUT2D eigenvalue weighted by Crippen LogP contribution is -2.15. The molecule has 1 aromatic carbocycles. The van der Waals surface area contributed by atoms with Crippen molar-refractivity contribution in [2.75, 3.05) is 0 Å². The molecule has 0 saturated carbocycles. The second kappa shape index (κ2) is 6.49. The molecule has 8 heteroatoms. The van der Waals surface area contributed by atoms with Crippen LogP contribution >= 0.6 is 0 Å². The maximum absolute atomic E-state index is 11.8. The molecular weight excluding hydrogens is 288 g/mol. The zero-order chi connectivity index (χ0) is 16.1. The molecule has 0 atom stereocenters. The number of nitro groups is 1. The summed E-state index contributed by atoms with van der Waals surface area (Å²) in [5.74, 6) is -1.15. The Balaban J connectivity index is 2.06. The van der Waals surface area contributed by atoms with E-state index in [0.717, 1.165) is 10.2 Å². The van der Waals surface area contributed by atoms with Gasteiger partial charge in [0.15, 0.2) is 12.1 Å². The minimum Gasteiger partial charge on any atom is -0.459 e. The second-order valence-electron chi connectivity index (χ2n) is 4.46. The number of esters is 1. The van der Waals surface area contributed by atoms with Crippen LogP contribution < -0.4 is 0 Å². The van der Waals surface area contributed by atoms with Gasteiger partial charge in [-0.25, -0.2) is 4.79 Å². The van der Waals surface area contributed by atoms with E-state index >= 15 is 0 Å². The fraction of sp³-hybridized carbons (Fsp3) is 0.214. The molecule has 0 amide bonds. The number of nitriles is 1. The van der Waals surface area contributed by atoms with Gasteiger partial charge < -0.3 is 14.9 Å². The molecule has 0 fully saturated rings. The monoisotopic (exact) mass is 300 g/mol. The molecule has 0 radical (unpaired) electrons. The average Bonchev–Trinajstić information content (AvgIpc) is 2.83. The molecule has 22 heavy (non-hydrogen) atoms. The van der Waals surface area contributed by atoms with Crippen molar-refractivity contribution < 1.29 is 14.5 Å². The summed E-state index contributed by atoms with van der Waals surface area (Å²) in [7, 11) is 0. The van der Waals surface area contributed by atoms with Crippen LogP contribution in [-0.2, 0) is 22.7 Å². The Bertz CT molecular complexity index is 746. The molecule has 1 aromatic heterocycles. The topological polar surface area (TPSA) is 111 Å². The standard InChI is InChI=1S/C14H12N4O4/c1-10-12(7-15)14(18(20)21)16-17(10)8-13(19)22-9-11-5-3-2-4-6-11/h2-6H,8-9H2,1H3. The summed E-state index contributed by atoms with van der Waals surface area (Å²) < 4.78 is 6.18. The average molecular weight is 300 g/mol. The first-order chi connectivity index (χ1) is 10.5. The Morgan fingerprint density at radius 1 is 1.45 bits per heavy atom. The molecule has 112 valence electrons. The Labute approximate surface area is 125 Å². The van der Waals surface area contributed by atoms with Crippen molar-refractivity contribution in [2.24, 2.45) is 0 Å². The van der Waals surface area contributed by atoms with Crippen LogP contribution in [0.4, 0.5) is 5.82 Å². The number of hydrogen-bond donors (Lipinski definition) is 0. The number of hydrogen-bond acceptors (Lipinski definition) is 6. The van der Waals surface area contributed by atoms with Crippen LogP contribution in [0.5, 0.6) is 0 Å². The predicted octanol–water partition coefficient (Wildman–Crippen LogP) is 1.71. The van der Waals surface area contributed by atoms with Crippen LogP contribution in [0.15, 0.2) is 30.3 Å². The molecule has 0 N–H and O–H groups in total. The van der Waals surface area contributed by atoms with Crippen LogP contribution in [0, 0.1) is 28.4 Å². The number of ether oxygens (including phenoxy) is 1. The Kier molecular flexibility index (Phi) is 4.48. The second-order valence-corrected chi connectivity index (χ2v) is 4.46. The first kappa shape index (κ1) is 15.2. The van der Waals surface area contributed by atoms with E-state index in [2.05, 4.69) is 5.10 Å². The maximum atomic E-state index is 11.8. The van der Waals surface area contributed by atoms with E-state index in [-0.39, 0.29) is 24.4 Å². The van der Waals surface area contributed by atoms with E-state index in [4.69, 9.17) is 10.00 Å². The number of carbonyl (C=O) groups is 1. The van der Waals surface area contributed by atoms with Gasteiger partial charge in [0.25, 0.3) is 0 Å². The Morgan fingerprint density at radius 2 is 2.14 bits per heavy atom. The molecule has 0 aliphatic rings. The molecule has 0 unspecified atom stereocenters. The van der Waals surface area contributed by atoms with Gasteiger partial charge in [0, 0.05) is 0 Å². The van der Waals surface area contributed by atoms with Gasteiger partial charge in [-0.05, 0) is 17.4 Å². The summed E-state index contributed by atoms with van der Waals surface area (Å²) in [6.45, 7) is 1.30. The summed E-state index contributed by atoms with van der Waals surface area (Å²) in [5.41, 5.74) is 0.934. The normalized spacial score (nSPS) is 10.0. The van der Waals surface area contributed by atoms with E-state index in [0.29, 0.717) is 0 Å². The van der Waals surface area contributed by atoms with Crippen LogP contribution in [0.3, 0.4) is 0 Å². The fourth-order valence-electron chi connectivity index (χ4n) is 1.85. The number of nitrogens with zero attached hydrogens (tertiary/aromatic N) is 4. The lowest BCUT2D eigenvalue weighted by molar-refractivity contribution is -0.390. The lowest BCUT2D eigenvalue weighted by Gasteiger charge is -2.04. The van der Waals surface area contributed by atoms with E-state index < -0.39 is 16.7 Å². The highest BCUT2D eigenvalue weighted by Crippen LogP contribution is 2.19. The van der Waals surface area contributed by atoms with Gasteiger partial charge in [0.2, 0.25) is 0 Å². The third-order valence-corrected chi connectivity index (χ3v) is 2.99. The summed E-state index contributed by atoms with van der Waals surface area (Å²) in [6, 6.07) is 10.8. The van der Waals surface area contributed by atoms with Gasteiger partial charge in [-0.2, -0.15) is 9.94 Å². The van der Waals surface area contributed by atoms with Gasteiger partial charge in [-0.1, -0.05) is 30.3 Å². The highest BCUT2D eigenvalue weighted by atomic mass is 16.6. The first-order valence-electron chi connectivity index (χ1n) is 6.34. The highest BCUT2D eigenvalue weighted by Gasteiger charge is 2.26. The molecule has 2 aromatic rings. The van der Waals surface area contributed by atoms with Crippen molar-refractivity contribution >= 4 is 11.8 Å². The predicted molar refractivity (Wildman–Crippen MR) is 74.6 cm³/mol. The largest absolute Gasteiger partial charge is 0.459 e. The number of aromatic nitrogens is 2. The van der Waals surface area contributed by atoms with Gasteiger partial charge in [0.1, 0.15) is 12.7 Å². The molecule has 0 spiro atoms. The summed E-state index contributed by atoms with van der Waals surface area (Å²) in [5, 5.41) is 23.4. The lowest BCUT2D eigenvalue weighted by atomic mass is 10.2. The van der Waals surface area contributed by atoms with Crippen molar-refractivity contribution in [1.29, 1.82) is 5.26 Å². The molecule has 0 saturated heterocycles. The van der Waals surface area contributed by atoms with Crippen LogP contribution in [0.2, 0.25) is 0 Å². The van der Waals surface area contributed by atoms with Crippen molar-refractivity contribution in [3.63, 3.8) is 0 Å². The van der Waals surface area contributed by atoms with Crippen LogP contribution in [0.25, 0.3) is 0 Å². The summed E-state index contributed by atoms with van der Waals surface area (Å²) >= 11 is 0. The number of rotatable bonds is 5. The van der Waals surface area contributed by atoms with Crippen molar-refractivity contribution in [1.82, 2.24) is 9.78 Å². The maximum Gasteiger partial charge on any atom is 0.408 e. The molecule has 1 heterocycles. The van der Waals surface area contributed by atoms with Crippen molar-refractivity contribution in [2.45, 2.75) is 20.1 Å². The minimum absolute atomic E-state index is 0.104.